The molecule has 1 aromatic rings. The van der Waals surface area contributed by atoms with E-state index in [0.29, 0.717) is 11.6 Å². The molecule has 2 fully saturated rings. The first-order valence-electron chi connectivity index (χ1n) is 6.82. The van der Waals surface area contributed by atoms with Crippen molar-refractivity contribution in [2.45, 2.75) is 30.7 Å². The van der Waals surface area contributed by atoms with Crippen LogP contribution in [0.5, 0.6) is 0 Å². The van der Waals surface area contributed by atoms with Crippen molar-refractivity contribution < 1.29 is 14.7 Å². The van der Waals surface area contributed by atoms with E-state index in [0.717, 1.165) is 24.8 Å². The Morgan fingerprint density at radius 2 is 1.95 bits per heavy atom. The number of carboxylic acids is 1. The van der Waals surface area contributed by atoms with Crippen LogP contribution < -0.4 is 0 Å². The number of hydrogen-bond donors (Lipinski definition) is 1. The largest absolute Gasteiger partial charge is 0.480 e. The lowest BCUT2D eigenvalue weighted by atomic mass is 9.63. The zero-order valence-corrected chi connectivity index (χ0v) is 11.9. The van der Waals surface area contributed by atoms with Crippen LogP contribution in [-0.2, 0) is 15.0 Å². The smallest absolute Gasteiger partial charge is 0.327 e. The SMILES string of the molecule is O=C(O)[C@@H]1CSCN1C(=O)C1(c2ccccc2)CCC1. The fraction of sp³-hybridized carbons (Fsp3) is 0.467. The minimum Gasteiger partial charge on any atom is -0.480 e. The molecule has 5 heteroatoms. The lowest BCUT2D eigenvalue weighted by molar-refractivity contribution is -0.152. The molecule has 2 aliphatic rings. The lowest BCUT2D eigenvalue weighted by Crippen LogP contribution is -2.54. The van der Waals surface area contributed by atoms with Crippen molar-refractivity contribution in [3.05, 3.63) is 35.9 Å². The predicted octanol–water partition coefficient (Wildman–Crippen LogP) is 2.09. The number of carbonyl (C=O) groups is 2. The molecule has 1 atom stereocenters. The van der Waals surface area contributed by atoms with Gasteiger partial charge in [0.05, 0.1) is 11.3 Å². The Balaban J connectivity index is 1.90. The molecule has 0 spiro atoms. The molecule has 1 heterocycles. The van der Waals surface area contributed by atoms with E-state index in [1.807, 2.05) is 30.3 Å². The van der Waals surface area contributed by atoms with Crippen molar-refractivity contribution in [1.82, 2.24) is 4.90 Å². The first-order chi connectivity index (χ1) is 9.65. The molecule has 3 rings (SSSR count). The van der Waals surface area contributed by atoms with Gasteiger partial charge >= 0.3 is 5.97 Å². The van der Waals surface area contributed by atoms with Crippen LogP contribution in [-0.4, -0.2) is 39.6 Å². The number of carboxylic acid groups (broad SMARTS) is 1. The van der Waals surface area contributed by atoms with Crippen LogP contribution in [0.2, 0.25) is 0 Å². The maximum Gasteiger partial charge on any atom is 0.327 e. The summed E-state index contributed by atoms with van der Waals surface area (Å²) in [6.07, 6.45) is 2.67. The molecular weight excluding hydrogens is 274 g/mol. The van der Waals surface area contributed by atoms with Gasteiger partial charge < -0.3 is 10.0 Å². The topological polar surface area (TPSA) is 57.6 Å². The summed E-state index contributed by atoms with van der Waals surface area (Å²) in [5.41, 5.74) is 0.539. The lowest BCUT2D eigenvalue weighted by Gasteiger charge is -2.43. The highest BCUT2D eigenvalue weighted by atomic mass is 32.2. The Labute approximate surface area is 122 Å². The standard InChI is InChI=1S/C15H17NO3S/c17-13(18)12-9-20-10-16(12)14(19)15(7-4-8-15)11-5-2-1-3-6-11/h1-3,5-6,12H,4,7-10H2,(H,17,18)/t12-/m0/s1. The highest BCUT2D eigenvalue weighted by Gasteiger charge is 2.50. The van der Waals surface area contributed by atoms with Crippen molar-refractivity contribution in [3.63, 3.8) is 0 Å². The molecule has 1 saturated heterocycles. The van der Waals surface area contributed by atoms with Gasteiger partial charge in [-0.3, -0.25) is 4.79 Å². The van der Waals surface area contributed by atoms with Crippen molar-refractivity contribution in [3.8, 4) is 0 Å². The molecule has 0 aromatic heterocycles. The van der Waals surface area contributed by atoms with Crippen LogP contribution >= 0.6 is 11.8 Å². The van der Waals surface area contributed by atoms with Crippen molar-refractivity contribution in [2.75, 3.05) is 11.6 Å². The Morgan fingerprint density at radius 3 is 2.50 bits per heavy atom. The summed E-state index contributed by atoms with van der Waals surface area (Å²) in [6, 6.07) is 9.11. The number of carbonyl (C=O) groups excluding carboxylic acids is 1. The van der Waals surface area contributed by atoms with Crippen molar-refractivity contribution >= 4 is 23.6 Å². The third kappa shape index (κ3) is 2.00. The number of rotatable bonds is 3. The summed E-state index contributed by atoms with van der Waals surface area (Å²) in [4.78, 5) is 25.7. The molecule has 0 bridgehead atoms. The predicted molar refractivity (Wildman–Crippen MR) is 77.6 cm³/mol. The van der Waals surface area contributed by atoms with E-state index in [1.165, 1.54) is 11.8 Å². The fourth-order valence-corrected chi connectivity index (χ4v) is 4.18. The van der Waals surface area contributed by atoms with Gasteiger partial charge in [-0.15, -0.1) is 11.8 Å². The minimum absolute atomic E-state index is 0.00708. The molecule has 1 aromatic carbocycles. The average Bonchev–Trinajstić information content (AvgIpc) is 2.88. The summed E-state index contributed by atoms with van der Waals surface area (Å²) < 4.78 is 0. The Bertz CT molecular complexity index is 527. The van der Waals surface area contributed by atoms with Crippen molar-refractivity contribution in [2.24, 2.45) is 0 Å². The third-order valence-electron chi connectivity index (χ3n) is 4.37. The van der Waals surface area contributed by atoms with E-state index in [1.54, 1.807) is 4.90 Å². The van der Waals surface area contributed by atoms with Gasteiger partial charge in [0.25, 0.3) is 0 Å². The van der Waals surface area contributed by atoms with Crippen LogP contribution in [0.25, 0.3) is 0 Å². The highest BCUT2D eigenvalue weighted by Crippen LogP contribution is 2.46. The monoisotopic (exact) mass is 291 g/mol. The van der Waals surface area contributed by atoms with Crippen molar-refractivity contribution in [1.29, 1.82) is 0 Å². The van der Waals surface area contributed by atoms with Crippen LogP contribution in [0.15, 0.2) is 30.3 Å². The van der Waals surface area contributed by atoms with E-state index in [-0.39, 0.29) is 5.91 Å². The summed E-state index contributed by atoms with van der Waals surface area (Å²) in [5, 5.41) is 9.25. The summed E-state index contributed by atoms with van der Waals surface area (Å²) in [6.45, 7) is 0. The maximum atomic E-state index is 12.9. The summed E-state index contributed by atoms with van der Waals surface area (Å²) >= 11 is 1.52. The molecule has 1 N–H and O–H groups in total. The van der Waals surface area contributed by atoms with Crippen LogP contribution in [0.3, 0.4) is 0 Å². The second-order valence-corrected chi connectivity index (χ2v) is 6.43. The number of nitrogens with zero attached hydrogens (tertiary/aromatic N) is 1. The fourth-order valence-electron chi connectivity index (χ4n) is 3.04. The molecule has 1 aliphatic carbocycles. The minimum atomic E-state index is -0.897. The number of amides is 1. The summed E-state index contributed by atoms with van der Waals surface area (Å²) in [5.74, 6) is 0.0781. The first kappa shape index (κ1) is 13.5. The average molecular weight is 291 g/mol. The molecule has 0 radical (unpaired) electrons. The van der Waals surface area contributed by atoms with Gasteiger partial charge in [0, 0.05) is 5.75 Å². The molecule has 4 nitrogen and oxygen atoms in total. The van der Waals surface area contributed by atoms with E-state index < -0.39 is 17.4 Å². The molecule has 20 heavy (non-hydrogen) atoms. The highest BCUT2D eigenvalue weighted by molar-refractivity contribution is 7.99. The van der Waals surface area contributed by atoms with Gasteiger partial charge in [0.1, 0.15) is 6.04 Å². The number of aliphatic carboxylic acids is 1. The molecule has 1 aliphatic heterocycles. The number of hydrogen-bond acceptors (Lipinski definition) is 3. The molecule has 1 saturated carbocycles. The Kier molecular flexibility index (Phi) is 3.46. The normalized spacial score (nSPS) is 24.2. The quantitative estimate of drug-likeness (QED) is 0.926. The van der Waals surface area contributed by atoms with Crippen LogP contribution in [0.1, 0.15) is 24.8 Å². The molecule has 106 valence electrons. The third-order valence-corrected chi connectivity index (χ3v) is 5.38. The number of thioether (sulfide) groups is 1. The van der Waals surface area contributed by atoms with Gasteiger partial charge in [0.15, 0.2) is 0 Å². The van der Waals surface area contributed by atoms with E-state index in [4.69, 9.17) is 0 Å². The second kappa shape index (κ2) is 5.13. The molecular formula is C15H17NO3S. The molecule has 1 amide bonds. The zero-order valence-electron chi connectivity index (χ0n) is 11.1. The Hall–Kier alpha value is -1.49. The van der Waals surface area contributed by atoms with E-state index >= 15 is 0 Å². The van der Waals surface area contributed by atoms with Gasteiger partial charge in [-0.1, -0.05) is 36.8 Å². The van der Waals surface area contributed by atoms with Crippen LogP contribution in [0.4, 0.5) is 0 Å². The molecule has 0 unspecified atom stereocenters. The zero-order chi connectivity index (χ0) is 14.2. The maximum absolute atomic E-state index is 12.9. The van der Waals surface area contributed by atoms with E-state index in [9.17, 15) is 14.7 Å². The second-order valence-electron chi connectivity index (χ2n) is 5.43. The van der Waals surface area contributed by atoms with Gasteiger partial charge in [-0.2, -0.15) is 0 Å². The van der Waals surface area contributed by atoms with Gasteiger partial charge in [-0.25, -0.2) is 4.79 Å². The van der Waals surface area contributed by atoms with Gasteiger partial charge in [0.2, 0.25) is 5.91 Å². The first-order valence-corrected chi connectivity index (χ1v) is 7.98. The van der Waals surface area contributed by atoms with E-state index in [2.05, 4.69) is 0 Å². The number of benzene rings is 1. The summed E-state index contributed by atoms with van der Waals surface area (Å²) in [7, 11) is 0. The van der Waals surface area contributed by atoms with Crippen LogP contribution in [0, 0.1) is 0 Å². The Morgan fingerprint density at radius 1 is 1.25 bits per heavy atom. The van der Waals surface area contributed by atoms with Gasteiger partial charge in [-0.05, 0) is 18.4 Å².